The Balaban J connectivity index is 1.71. The number of rotatable bonds is 5. The second-order valence-electron chi connectivity index (χ2n) is 8.08. The van der Waals surface area contributed by atoms with Crippen LogP contribution >= 0.6 is 0 Å². The molecule has 1 N–H and O–H groups in total. The molecule has 0 saturated heterocycles. The monoisotopic (exact) mass is 485 g/mol. The summed E-state index contributed by atoms with van der Waals surface area (Å²) in [5, 5.41) is 9.37. The van der Waals surface area contributed by atoms with Crippen LogP contribution in [0.3, 0.4) is 0 Å². The highest BCUT2D eigenvalue weighted by molar-refractivity contribution is 5.97. The van der Waals surface area contributed by atoms with Gasteiger partial charge in [-0.3, -0.25) is 4.79 Å². The van der Waals surface area contributed by atoms with E-state index in [1.165, 1.54) is 18.3 Å². The molecule has 0 bridgehead atoms. The van der Waals surface area contributed by atoms with Crippen molar-refractivity contribution in [2.45, 2.75) is 39.5 Å². The first-order chi connectivity index (χ1) is 13.2. The summed E-state index contributed by atoms with van der Waals surface area (Å²) >= 11 is -0.267. The van der Waals surface area contributed by atoms with Crippen molar-refractivity contribution in [2.75, 3.05) is 0 Å². The van der Waals surface area contributed by atoms with Crippen LogP contribution in [0.4, 0.5) is 0 Å². The van der Waals surface area contributed by atoms with Gasteiger partial charge in [0.25, 0.3) is 0 Å². The third-order valence-electron chi connectivity index (χ3n) is 4.70. The van der Waals surface area contributed by atoms with Crippen LogP contribution in [0, 0.1) is 14.1 Å². The van der Waals surface area contributed by atoms with Gasteiger partial charge in [-0.1, -0.05) is 45.0 Å². The highest BCUT2D eigenvalue weighted by Gasteiger charge is 2.21. The predicted octanol–water partition coefficient (Wildman–Crippen LogP) is 2.55. The van der Waals surface area contributed by atoms with Crippen LogP contribution in [0.2, 0.25) is 0 Å². The van der Waals surface area contributed by atoms with Gasteiger partial charge in [0.15, 0.2) is 12.9 Å². The molecular formula is C25H26IO2+. The maximum atomic E-state index is 12.6. The van der Waals surface area contributed by atoms with E-state index in [4.69, 9.17) is 0 Å². The Morgan fingerprint density at radius 3 is 2.14 bits per heavy atom. The molecule has 0 atom stereocenters. The lowest BCUT2D eigenvalue weighted by atomic mass is 9.87. The maximum absolute atomic E-state index is 12.6. The third-order valence-corrected chi connectivity index (χ3v) is 7.84. The third kappa shape index (κ3) is 5.22. The number of hydrogen-bond donors (Lipinski definition) is 1. The van der Waals surface area contributed by atoms with E-state index < -0.39 is 0 Å². The SMILES string of the molecule is Cc1cc(C(=O)Cc2ccc(O)cc2)ccc1[I+]c1ccc(C(C)(C)C)cc1. The molecule has 3 rings (SSSR count). The zero-order chi connectivity index (χ0) is 20.3. The highest BCUT2D eigenvalue weighted by Crippen LogP contribution is 2.21. The van der Waals surface area contributed by atoms with Gasteiger partial charge >= 0.3 is 21.2 Å². The molecule has 0 aliphatic carbocycles. The number of aryl methyl sites for hydroxylation is 1. The quantitative estimate of drug-likeness (QED) is 0.446. The molecular weight excluding hydrogens is 459 g/mol. The number of carbonyl (C=O) groups excluding carboxylic acids is 1. The van der Waals surface area contributed by atoms with Crippen molar-refractivity contribution in [1.29, 1.82) is 0 Å². The van der Waals surface area contributed by atoms with E-state index in [0.717, 1.165) is 11.1 Å². The van der Waals surface area contributed by atoms with E-state index in [0.29, 0.717) is 6.42 Å². The van der Waals surface area contributed by atoms with E-state index in [-0.39, 0.29) is 38.2 Å². The summed E-state index contributed by atoms with van der Waals surface area (Å²) in [6.07, 6.45) is 0.350. The van der Waals surface area contributed by atoms with Crippen LogP contribution in [-0.4, -0.2) is 10.9 Å². The van der Waals surface area contributed by atoms with E-state index in [2.05, 4.69) is 58.0 Å². The van der Waals surface area contributed by atoms with E-state index in [1.54, 1.807) is 24.3 Å². The topological polar surface area (TPSA) is 37.3 Å². The predicted molar refractivity (Wildman–Crippen MR) is 110 cm³/mol. The minimum atomic E-state index is -0.267. The average Bonchev–Trinajstić information content (AvgIpc) is 2.65. The van der Waals surface area contributed by atoms with Gasteiger partial charge in [0, 0.05) is 17.5 Å². The van der Waals surface area contributed by atoms with Gasteiger partial charge in [0.05, 0.1) is 0 Å². The van der Waals surface area contributed by atoms with Crippen molar-refractivity contribution in [3.8, 4) is 5.75 Å². The van der Waals surface area contributed by atoms with Gasteiger partial charge in [0.2, 0.25) is 0 Å². The molecule has 0 aliphatic rings. The first kappa shape index (κ1) is 20.6. The first-order valence-corrected chi connectivity index (χ1v) is 11.6. The Bertz CT molecular complexity index is 965. The number of Topliss-reactive ketones (excluding diaryl/α,β-unsaturated/α-hetero) is 1. The molecule has 0 unspecified atom stereocenters. The molecule has 144 valence electrons. The fraction of sp³-hybridized carbons (Fsp3) is 0.240. The van der Waals surface area contributed by atoms with Crippen molar-refractivity contribution >= 4 is 5.78 Å². The number of benzene rings is 3. The molecule has 3 heteroatoms. The molecule has 0 amide bonds. The van der Waals surface area contributed by atoms with Crippen LogP contribution in [0.25, 0.3) is 0 Å². The van der Waals surface area contributed by atoms with Crippen LogP contribution < -0.4 is 21.2 Å². The van der Waals surface area contributed by atoms with Crippen molar-refractivity contribution in [3.05, 3.63) is 96.1 Å². The number of phenolic OH excluding ortho intramolecular Hbond substituents is 1. The summed E-state index contributed by atoms with van der Waals surface area (Å²) < 4.78 is 2.74. The minimum Gasteiger partial charge on any atom is -0.508 e. The number of hydrogen-bond acceptors (Lipinski definition) is 2. The van der Waals surface area contributed by atoms with E-state index in [1.807, 2.05) is 12.1 Å². The Labute approximate surface area is 177 Å². The van der Waals surface area contributed by atoms with Gasteiger partial charge in [-0.2, -0.15) is 0 Å². The van der Waals surface area contributed by atoms with Crippen LogP contribution in [0.5, 0.6) is 5.75 Å². The van der Waals surface area contributed by atoms with Crippen LogP contribution in [0.15, 0.2) is 66.7 Å². The minimum absolute atomic E-state index is 0.105. The standard InChI is InChI=1S/C25H25IO2/c1-17-15-19(24(28)16-18-5-12-22(27)13-6-18)7-14-23(17)26-21-10-8-20(9-11-21)25(2,3)4/h5-15H,16H2,1-4H3/p+1. The summed E-state index contributed by atoms with van der Waals surface area (Å²) in [7, 11) is 0. The number of aromatic hydroxyl groups is 1. The average molecular weight is 485 g/mol. The van der Waals surface area contributed by atoms with Gasteiger partial charge < -0.3 is 5.11 Å². The number of halogens is 1. The molecule has 0 aliphatic heterocycles. The number of carbonyl (C=O) groups is 1. The largest absolute Gasteiger partial charge is 0.508 e. The fourth-order valence-corrected chi connectivity index (χ4v) is 5.29. The summed E-state index contributed by atoms with van der Waals surface area (Å²) in [4.78, 5) is 12.6. The molecule has 0 spiro atoms. The smallest absolute Gasteiger partial charge is 0.358 e. The van der Waals surface area contributed by atoms with Gasteiger partial charge in [0.1, 0.15) is 5.75 Å². The molecule has 0 aromatic heterocycles. The summed E-state index contributed by atoms with van der Waals surface area (Å²) in [5.41, 5.74) is 4.38. The van der Waals surface area contributed by atoms with Crippen molar-refractivity contribution in [3.63, 3.8) is 0 Å². The lowest BCUT2D eigenvalue weighted by molar-refractivity contribution is -0.598. The molecule has 2 nitrogen and oxygen atoms in total. The molecule has 0 heterocycles. The van der Waals surface area contributed by atoms with Crippen LogP contribution in [-0.2, 0) is 11.8 Å². The Morgan fingerprint density at radius 2 is 1.57 bits per heavy atom. The van der Waals surface area contributed by atoms with Crippen molar-refractivity contribution < 1.29 is 31.1 Å². The zero-order valence-electron chi connectivity index (χ0n) is 16.8. The lowest BCUT2D eigenvalue weighted by Gasteiger charge is -2.18. The second kappa shape index (κ2) is 8.48. The maximum Gasteiger partial charge on any atom is 0.358 e. The Kier molecular flexibility index (Phi) is 6.23. The summed E-state index contributed by atoms with van der Waals surface area (Å²) in [5.74, 6) is 0.323. The highest BCUT2D eigenvalue weighted by atomic mass is 127. The van der Waals surface area contributed by atoms with E-state index >= 15 is 0 Å². The number of ketones is 1. The molecule has 0 radical (unpaired) electrons. The van der Waals surface area contributed by atoms with Gasteiger partial charge in [-0.05, 0) is 65.9 Å². The Morgan fingerprint density at radius 1 is 0.929 bits per heavy atom. The van der Waals surface area contributed by atoms with Gasteiger partial charge in [-0.15, -0.1) is 0 Å². The fourth-order valence-electron chi connectivity index (χ4n) is 2.96. The molecule has 0 saturated carbocycles. The normalized spacial score (nSPS) is 11.4. The summed E-state index contributed by atoms with van der Waals surface area (Å²) in [6, 6.07) is 21.9. The number of phenols is 1. The van der Waals surface area contributed by atoms with Crippen molar-refractivity contribution in [2.24, 2.45) is 0 Å². The molecule has 28 heavy (non-hydrogen) atoms. The Hall–Kier alpha value is -2.14. The second-order valence-corrected chi connectivity index (χ2v) is 11.0. The van der Waals surface area contributed by atoms with E-state index in [9.17, 15) is 9.90 Å². The molecule has 3 aromatic rings. The molecule has 0 fully saturated rings. The van der Waals surface area contributed by atoms with Crippen LogP contribution in [0.1, 0.15) is 47.8 Å². The summed E-state index contributed by atoms with van der Waals surface area (Å²) in [6.45, 7) is 8.79. The van der Waals surface area contributed by atoms with Crippen molar-refractivity contribution in [1.82, 2.24) is 0 Å². The lowest BCUT2D eigenvalue weighted by Crippen LogP contribution is -3.61. The van der Waals surface area contributed by atoms with Gasteiger partial charge in [-0.25, -0.2) is 0 Å². The molecule has 3 aromatic carbocycles. The first-order valence-electron chi connectivity index (χ1n) is 9.39. The zero-order valence-corrected chi connectivity index (χ0v) is 18.9.